The molecule has 2 atom stereocenters. The first-order chi connectivity index (χ1) is 10.9. The van der Waals surface area contributed by atoms with Crippen LogP contribution in [0.25, 0.3) is 0 Å². The summed E-state index contributed by atoms with van der Waals surface area (Å²) in [5.41, 5.74) is 2.90. The van der Waals surface area contributed by atoms with E-state index in [1.807, 2.05) is 39.0 Å². The maximum absolute atomic E-state index is 12.5. The number of rotatable bonds is 5. The van der Waals surface area contributed by atoms with Crippen molar-refractivity contribution >= 4 is 11.7 Å². The van der Waals surface area contributed by atoms with Gasteiger partial charge in [-0.1, -0.05) is 19.1 Å². The first-order valence-electron chi connectivity index (χ1n) is 8.32. The largest absolute Gasteiger partial charge is 0.394 e. The SMILES string of the molecule is Cc1c(COC(C)C)cccc1NC(=O)N1CCC(C)C1CO. The molecule has 1 saturated heterocycles. The van der Waals surface area contributed by atoms with E-state index in [9.17, 15) is 9.90 Å². The van der Waals surface area contributed by atoms with Gasteiger partial charge in [0.15, 0.2) is 0 Å². The predicted molar refractivity (Wildman–Crippen MR) is 91.5 cm³/mol. The molecule has 0 radical (unpaired) electrons. The van der Waals surface area contributed by atoms with Gasteiger partial charge in [-0.2, -0.15) is 0 Å². The van der Waals surface area contributed by atoms with Gasteiger partial charge >= 0.3 is 6.03 Å². The molecular formula is C18H28N2O3. The van der Waals surface area contributed by atoms with E-state index in [2.05, 4.69) is 12.2 Å². The fourth-order valence-corrected chi connectivity index (χ4v) is 2.96. The molecule has 0 saturated carbocycles. The van der Waals surface area contributed by atoms with E-state index in [-0.39, 0.29) is 24.8 Å². The zero-order chi connectivity index (χ0) is 17.0. The van der Waals surface area contributed by atoms with Crippen molar-refractivity contribution in [1.82, 2.24) is 4.90 Å². The highest BCUT2D eigenvalue weighted by Crippen LogP contribution is 2.26. The molecule has 1 aliphatic rings. The molecule has 0 aromatic heterocycles. The van der Waals surface area contributed by atoms with E-state index in [1.165, 1.54) is 0 Å². The number of benzene rings is 1. The van der Waals surface area contributed by atoms with Crippen LogP contribution in [0.2, 0.25) is 0 Å². The molecule has 5 heteroatoms. The van der Waals surface area contributed by atoms with Crippen molar-refractivity contribution in [2.24, 2.45) is 5.92 Å². The Morgan fingerprint density at radius 2 is 2.22 bits per heavy atom. The Hall–Kier alpha value is -1.59. The third-order valence-electron chi connectivity index (χ3n) is 4.59. The zero-order valence-corrected chi connectivity index (χ0v) is 14.5. The van der Waals surface area contributed by atoms with Crippen molar-refractivity contribution in [3.05, 3.63) is 29.3 Å². The minimum atomic E-state index is -0.140. The second-order valence-corrected chi connectivity index (χ2v) is 6.59. The summed E-state index contributed by atoms with van der Waals surface area (Å²) in [4.78, 5) is 14.3. The van der Waals surface area contributed by atoms with E-state index >= 15 is 0 Å². The average Bonchev–Trinajstić information content (AvgIpc) is 2.88. The standard InChI is InChI=1S/C18H28N2O3/c1-12(2)23-11-15-6-5-7-16(14(15)4)19-18(22)20-9-8-13(3)17(20)10-21/h5-7,12-13,17,21H,8-11H2,1-4H3,(H,19,22). The van der Waals surface area contributed by atoms with E-state index in [0.29, 0.717) is 19.1 Å². The van der Waals surface area contributed by atoms with E-state index in [4.69, 9.17) is 4.74 Å². The molecule has 0 spiro atoms. The van der Waals surface area contributed by atoms with E-state index in [1.54, 1.807) is 4.90 Å². The third kappa shape index (κ3) is 4.24. The first-order valence-corrected chi connectivity index (χ1v) is 8.32. The molecule has 128 valence electrons. The number of nitrogens with one attached hydrogen (secondary N) is 1. The molecule has 1 aromatic carbocycles. The zero-order valence-electron chi connectivity index (χ0n) is 14.5. The Morgan fingerprint density at radius 1 is 1.48 bits per heavy atom. The molecular weight excluding hydrogens is 292 g/mol. The maximum atomic E-state index is 12.5. The summed E-state index contributed by atoms with van der Waals surface area (Å²) in [6, 6.07) is 5.61. The molecule has 2 N–H and O–H groups in total. The Morgan fingerprint density at radius 3 is 2.87 bits per heavy atom. The van der Waals surface area contributed by atoms with E-state index < -0.39 is 0 Å². The Kier molecular flexibility index (Phi) is 6.02. The summed E-state index contributed by atoms with van der Waals surface area (Å²) in [6.45, 7) is 9.31. The van der Waals surface area contributed by atoms with Gasteiger partial charge in [-0.3, -0.25) is 0 Å². The topological polar surface area (TPSA) is 61.8 Å². The van der Waals surface area contributed by atoms with Crippen LogP contribution in [0.15, 0.2) is 18.2 Å². The Bertz CT molecular complexity index is 545. The summed E-state index contributed by atoms with van der Waals surface area (Å²) >= 11 is 0. The number of hydrogen-bond acceptors (Lipinski definition) is 3. The van der Waals surface area contributed by atoms with Crippen molar-refractivity contribution in [1.29, 1.82) is 0 Å². The highest BCUT2D eigenvalue weighted by Gasteiger charge is 2.33. The normalized spacial score (nSPS) is 21.0. The molecule has 0 bridgehead atoms. The minimum absolute atomic E-state index is 0.00976. The van der Waals surface area contributed by atoms with Crippen LogP contribution >= 0.6 is 0 Å². The monoisotopic (exact) mass is 320 g/mol. The molecule has 23 heavy (non-hydrogen) atoms. The van der Waals surface area contributed by atoms with Crippen molar-refractivity contribution in [3.63, 3.8) is 0 Å². The van der Waals surface area contributed by atoms with Crippen LogP contribution in [-0.4, -0.2) is 41.3 Å². The molecule has 2 rings (SSSR count). The van der Waals surface area contributed by atoms with Gasteiger partial charge in [-0.15, -0.1) is 0 Å². The smallest absolute Gasteiger partial charge is 0.322 e. The lowest BCUT2D eigenvalue weighted by atomic mass is 10.0. The number of hydrogen-bond donors (Lipinski definition) is 2. The van der Waals surface area contributed by atoms with Crippen LogP contribution in [0, 0.1) is 12.8 Å². The summed E-state index contributed by atoms with van der Waals surface area (Å²) in [6.07, 6.45) is 1.10. The molecule has 2 amide bonds. The molecule has 2 unspecified atom stereocenters. The van der Waals surface area contributed by atoms with Crippen molar-refractivity contribution < 1.29 is 14.6 Å². The second kappa shape index (κ2) is 7.79. The fraction of sp³-hybridized carbons (Fsp3) is 0.611. The summed E-state index contributed by atoms with van der Waals surface area (Å²) < 4.78 is 5.66. The Balaban J connectivity index is 2.08. The summed E-state index contributed by atoms with van der Waals surface area (Å²) in [5.74, 6) is 0.331. The van der Waals surface area contributed by atoms with E-state index in [0.717, 1.165) is 23.2 Å². The number of aliphatic hydroxyl groups is 1. The van der Waals surface area contributed by atoms with Crippen molar-refractivity contribution in [2.75, 3.05) is 18.5 Å². The van der Waals surface area contributed by atoms with Gasteiger partial charge < -0.3 is 20.1 Å². The number of nitrogens with zero attached hydrogens (tertiary/aromatic N) is 1. The van der Waals surface area contributed by atoms with Gasteiger partial charge in [-0.05, 0) is 50.3 Å². The second-order valence-electron chi connectivity index (χ2n) is 6.59. The number of ether oxygens (including phenoxy) is 1. The quantitative estimate of drug-likeness (QED) is 0.876. The molecule has 1 heterocycles. The number of carbonyl (C=O) groups excluding carboxylic acids is 1. The molecule has 1 aromatic rings. The number of carbonyl (C=O) groups is 1. The molecule has 1 fully saturated rings. The molecule has 0 aliphatic carbocycles. The highest BCUT2D eigenvalue weighted by atomic mass is 16.5. The number of anilines is 1. The van der Waals surface area contributed by atoms with Crippen LogP contribution in [0.5, 0.6) is 0 Å². The van der Waals surface area contributed by atoms with Crippen LogP contribution in [0.3, 0.4) is 0 Å². The number of urea groups is 1. The van der Waals surface area contributed by atoms with Gasteiger partial charge in [0.1, 0.15) is 0 Å². The first kappa shape index (κ1) is 17.8. The van der Waals surface area contributed by atoms with Crippen LogP contribution in [0.1, 0.15) is 38.3 Å². The van der Waals surface area contributed by atoms with Crippen LogP contribution in [-0.2, 0) is 11.3 Å². The summed E-state index contributed by atoms with van der Waals surface area (Å²) in [7, 11) is 0. The maximum Gasteiger partial charge on any atom is 0.322 e. The third-order valence-corrected chi connectivity index (χ3v) is 4.59. The van der Waals surface area contributed by atoms with Gasteiger partial charge in [0, 0.05) is 12.2 Å². The highest BCUT2D eigenvalue weighted by molar-refractivity contribution is 5.90. The van der Waals surface area contributed by atoms with Gasteiger partial charge in [0.25, 0.3) is 0 Å². The number of aliphatic hydroxyl groups excluding tert-OH is 1. The van der Waals surface area contributed by atoms with Crippen LogP contribution < -0.4 is 5.32 Å². The number of likely N-dealkylation sites (tertiary alicyclic amines) is 1. The molecule has 1 aliphatic heterocycles. The predicted octanol–water partition coefficient (Wildman–Crippen LogP) is 3.15. The van der Waals surface area contributed by atoms with Gasteiger partial charge in [-0.25, -0.2) is 4.79 Å². The summed E-state index contributed by atoms with van der Waals surface area (Å²) in [5, 5.41) is 12.5. The fourth-order valence-electron chi connectivity index (χ4n) is 2.96. The average molecular weight is 320 g/mol. The lowest BCUT2D eigenvalue weighted by Gasteiger charge is -2.26. The van der Waals surface area contributed by atoms with Gasteiger partial charge in [0.05, 0.1) is 25.4 Å². The van der Waals surface area contributed by atoms with Crippen molar-refractivity contribution in [2.45, 2.75) is 52.9 Å². The lowest BCUT2D eigenvalue weighted by molar-refractivity contribution is 0.0654. The number of amides is 2. The lowest BCUT2D eigenvalue weighted by Crippen LogP contribution is -2.42. The molecule has 5 nitrogen and oxygen atoms in total. The Labute approximate surface area is 138 Å². The van der Waals surface area contributed by atoms with Crippen LogP contribution in [0.4, 0.5) is 10.5 Å². The minimum Gasteiger partial charge on any atom is -0.394 e. The van der Waals surface area contributed by atoms with Gasteiger partial charge in [0.2, 0.25) is 0 Å². The van der Waals surface area contributed by atoms with Crippen molar-refractivity contribution in [3.8, 4) is 0 Å².